The molecule has 2 heterocycles. The molecule has 0 aromatic carbocycles. The van der Waals surface area contributed by atoms with E-state index in [1.54, 1.807) is 34.2 Å². The first-order valence-corrected chi connectivity index (χ1v) is 11.8. The minimum absolute atomic E-state index is 0.0259. The Balaban J connectivity index is 2.17. The molecule has 33 heavy (non-hydrogen) atoms. The van der Waals surface area contributed by atoms with Crippen molar-refractivity contribution in [3.05, 3.63) is 30.1 Å². The van der Waals surface area contributed by atoms with Gasteiger partial charge in [0.2, 0.25) is 5.91 Å². The second kappa shape index (κ2) is 14.2. The molecular formula is C24H39N3O6. The van der Waals surface area contributed by atoms with Gasteiger partial charge in [0.15, 0.2) is 0 Å². The number of carbonyl (C=O) groups is 2. The molecular weight excluding hydrogens is 426 g/mol. The summed E-state index contributed by atoms with van der Waals surface area (Å²) in [4.78, 5) is 32.8. The summed E-state index contributed by atoms with van der Waals surface area (Å²) in [6, 6.07) is 5.20. The predicted octanol–water partition coefficient (Wildman–Crippen LogP) is 1.34. The van der Waals surface area contributed by atoms with Crippen molar-refractivity contribution in [2.75, 3.05) is 46.0 Å². The van der Waals surface area contributed by atoms with Crippen LogP contribution < -0.4 is 0 Å². The van der Waals surface area contributed by atoms with E-state index in [-0.39, 0.29) is 31.5 Å². The highest BCUT2D eigenvalue weighted by Gasteiger charge is 2.30. The van der Waals surface area contributed by atoms with Crippen molar-refractivity contribution < 1.29 is 29.3 Å². The highest BCUT2D eigenvalue weighted by molar-refractivity contribution is 5.92. The van der Waals surface area contributed by atoms with Crippen LogP contribution in [0.15, 0.2) is 24.4 Å². The van der Waals surface area contributed by atoms with Crippen LogP contribution in [-0.2, 0) is 14.3 Å². The number of pyridine rings is 1. The number of nitrogens with zero attached hydrogens (tertiary/aromatic N) is 3. The smallest absolute Gasteiger partial charge is 0.272 e. The second-order valence-corrected chi connectivity index (χ2v) is 8.90. The van der Waals surface area contributed by atoms with E-state index in [0.717, 1.165) is 6.42 Å². The Morgan fingerprint density at radius 2 is 1.94 bits per heavy atom. The van der Waals surface area contributed by atoms with Gasteiger partial charge in [0.25, 0.3) is 5.91 Å². The number of rotatable bonds is 5. The lowest BCUT2D eigenvalue weighted by atomic mass is 10.1. The van der Waals surface area contributed by atoms with Crippen molar-refractivity contribution in [3.63, 3.8) is 0 Å². The molecule has 9 heteroatoms. The Labute approximate surface area is 196 Å². The van der Waals surface area contributed by atoms with Gasteiger partial charge in [-0.15, -0.1) is 0 Å². The third-order valence-corrected chi connectivity index (χ3v) is 5.71. The van der Waals surface area contributed by atoms with Crippen LogP contribution >= 0.6 is 0 Å². The van der Waals surface area contributed by atoms with Gasteiger partial charge >= 0.3 is 0 Å². The van der Waals surface area contributed by atoms with Crippen molar-refractivity contribution in [1.82, 2.24) is 14.8 Å². The molecule has 1 fully saturated rings. The van der Waals surface area contributed by atoms with Crippen LogP contribution in [0.5, 0.6) is 0 Å². The van der Waals surface area contributed by atoms with Crippen molar-refractivity contribution in [1.29, 1.82) is 0 Å². The lowest BCUT2D eigenvalue weighted by Gasteiger charge is -2.33. The molecule has 3 atom stereocenters. The minimum Gasteiger partial charge on any atom is -0.388 e. The molecule has 1 aliphatic heterocycles. The molecule has 0 spiro atoms. The number of aliphatic hydroxyl groups is 2. The van der Waals surface area contributed by atoms with Gasteiger partial charge in [0.1, 0.15) is 24.0 Å². The molecule has 0 bridgehead atoms. The maximum Gasteiger partial charge on any atom is 0.272 e. The van der Waals surface area contributed by atoms with Crippen LogP contribution in [0.4, 0.5) is 0 Å². The third kappa shape index (κ3) is 9.37. The summed E-state index contributed by atoms with van der Waals surface area (Å²) in [7, 11) is 0. The van der Waals surface area contributed by atoms with Crippen LogP contribution in [0.1, 0.15) is 50.5 Å². The molecule has 1 aromatic heterocycles. The van der Waals surface area contributed by atoms with E-state index in [1.165, 1.54) is 6.92 Å². The highest BCUT2D eigenvalue weighted by Crippen LogP contribution is 2.13. The summed E-state index contributed by atoms with van der Waals surface area (Å²) in [5, 5.41) is 21.1. The fourth-order valence-corrected chi connectivity index (χ4v) is 3.57. The van der Waals surface area contributed by atoms with Gasteiger partial charge in [-0.2, -0.15) is 0 Å². The first kappa shape index (κ1) is 27.2. The van der Waals surface area contributed by atoms with Gasteiger partial charge in [-0.05, 0) is 37.3 Å². The Bertz CT molecular complexity index is 717. The molecule has 2 amide bonds. The van der Waals surface area contributed by atoms with Gasteiger partial charge in [-0.1, -0.05) is 19.9 Å². The van der Waals surface area contributed by atoms with E-state index in [4.69, 9.17) is 9.47 Å². The normalized spacial score (nSPS) is 23.9. The van der Waals surface area contributed by atoms with Gasteiger partial charge in [0.05, 0.1) is 6.61 Å². The molecule has 1 aromatic rings. The zero-order valence-electron chi connectivity index (χ0n) is 20.1. The van der Waals surface area contributed by atoms with Crippen molar-refractivity contribution in [3.8, 4) is 0 Å². The summed E-state index contributed by atoms with van der Waals surface area (Å²) < 4.78 is 11.5. The summed E-state index contributed by atoms with van der Waals surface area (Å²) in [6.07, 6.45) is 0.689. The van der Waals surface area contributed by atoms with E-state index in [0.29, 0.717) is 50.8 Å². The Hall–Kier alpha value is -2.07. The number of hydrogen-bond acceptors (Lipinski definition) is 7. The first-order chi connectivity index (χ1) is 15.8. The van der Waals surface area contributed by atoms with E-state index in [2.05, 4.69) is 18.8 Å². The monoisotopic (exact) mass is 465 g/mol. The van der Waals surface area contributed by atoms with E-state index in [1.807, 2.05) is 0 Å². The maximum absolute atomic E-state index is 13.0. The largest absolute Gasteiger partial charge is 0.388 e. The molecule has 0 unspecified atom stereocenters. The Morgan fingerprint density at radius 3 is 2.61 bits per heavy atom. The summed E-state index contributed by atoms with van der Waals surface area (Å²) in [5.74, 6) is 0.0408. The summed E-state index contributed by atoms with van der Waals surface area (Å²) >= 11 is 0. The number of carbonyl (C=O) groups excluding carboxylic acids is 2. The Kier molecular flexibility index (Phi) is 11.7. The van der Waals surface area contributed by atoms with Crippen LogP contribution in [0.3, 0.4) is 0 Å². The molecule has 1 aliphatic rings. The fraction of sp³-hybridized carbons (Fsp3) is 0.708. The van der Waals surface area contributed by atoms with E-state index >= 15 is 0 Å². The number of aromatic nitrogens is 1. The lowest BCUT2D eigenvalue weighted by molar-refractivity contribution is -0.140. The SMILES string of the molecule is CC(=O)N1CCN(C(=O)c2ccccn2)CCCCOC[C@@H](O)[C@@H](O)[C@H](OCCC(C)C)C1. The quantitative estimate of drug-likeness (QED) is 0.675. The van der Waals surface area contributed by atoms with Gasteiger partial charge in [0, 0.05) is 52.5 Å². The van der Waals surface area contributed by atoms with Gasteiger partial charge in [-0.25, -0.2) is 0 Å². The topological polar surface area (TPSA) is 112 Å². The van der Waals surface area contributed by atoms with Crippen LogP contribution in [0.25, 0.3) is 0 Å². The minimum atomic E-state index is -1.20. The predicted molar refractivity (Wildman–Crippen MR) is 124 cm³/mol. The molecule has 186 valence electrons. The number of hydrogen-bond donors (Lipinski definition) is 2. The average Bonchev–Trinajstić information content (AvgIpc) is 2.79. The van der Waals surface area contributed by atoms with E-state index < -0.39 is 18.3 Å². The maximum atomic E-state index is 13.0. The van der Waals surface area contributed by atoms with Crippen molar-refractivity contribution in [2.45, 2.75) is 58.3 Å². The molecule has 0 radical (unpaired) electrons. The average molecular weight is 466 g/mol. The third-order valence-electron chi connectivity index (χ3n) is 5.71. The number of amides is 2. The Morgan fingerprint density at radius 1 is 1.18 bits per heavy atom. The highest BCUT2D eigenvalue weighted by atomic mass is 16.5. The molecule has 9 nitrogen and oxygen atoms in total. The lowest BCUT2D eigenvalue weighted by Crippen LogP contribution is -2.50. The second-order valence-electron chi connectivity index (χ2n) is 8.90. The molecule has 1 saturated heterocycles. The molecule has 2 N–H and O–H groups in total. The van der Waals surface area contributed by atoms with Gasteiger partial charge < -0.3 is 29.5 Å². The van der Waals surface area contributed by atoms with Crippen molar-refractivity contribution in [2.24, 2.45) is 5.92 Å². The van der Waals surface area contributed by atoms with E-state index in [9.17, 15) is 19.8 Å². The number of ether oxygens (including phenoxy) is 2. The van der Waals surface area contributed by atoms with Gasteiger partial charge in [-0.3, -0.25) is 14.6 Å². The fourth-order valence-electron chi connectivity index (χ4n) is 3.57. The zero-order chi connectivity index (χ0) is 24.2. The van der Waals surface area contributed by atoms with Crippen LogP contribution in [-0.4, -0.2) is 101 Å². The zero-order valence-corrected chi connectivity index (χ0v) is 20.1. The molecule has 2 rings (SSSR count). The molecule has 0 aliphatic carbocycles. The van der Waals surface area contributed by atoms with Crippen LogP contribution in [0, 0.1) is 5.92 Å². The number of aliphatic hydroxyl groups excluding tert-OH is 2. The van der Waals surface area contributed by atoms with Crippen molar-refractivity contribution >= 4 is 11.8 Å². The summed E-state index contributed by atoms with van der Waals surface area (Å²) in [6.45, 7) is 7.62. The standard InChI is InChI=1S/C24H39N3O6/c1-18(2)9-15-33-22-16-27(19(3)28)13-12-26(24(31)20-8-4-5-10-25-20)11-6-7-14-32-17-21(29)23(22)30/h4-5,8,10,18,21-23,29-30H,6-7,9,11-17H2,1-3H3/t21-,22-,23-/m1/s1. The first-order valence-electron chi connectivity index (χ1n) is 11.8. The van der Waals surface area contributed by atoms with Crippen LogP contribution in [0.2, 0.25) is 0 Å². The molecule has 0 saturated carbocycles. The summed E-state index contributed by atoms with van der Waals surface area (Å²) in [5.41, 5.74) is 0.359.